The third-order valence-corrected chi connectivity index (χ3v) is 4.09. The third-order valence-electron chi connectivity index (χ3n) is 4.09. The Hall–Kier alpha value is -4.14. The minimum atomic E-state index is -0.903. The molecule has 0 aliphatic carbocycles. The van der Waals surface area contributed by atoms with Gasteiger partial charge in [0.2, 0.25) is 0 Å². The number of hydrogen-bond donors (Lipinski definition) is 0. The number of esters is 4. The molecule has 0 fully saturated rings. The van der Waals surface area contributed by atoms with Crippen LogP contribution in [0.1, 0.15) is 44.9 Å². The van der Waals surface area contributed by atoms with Crippen molar-refractivity contribution in [2.24, 2.45) is 0 Å². The maximum absolute atomic E-state index is 11.7. The predicted octanol–water partition coefficient (Wildman–Crippen LogP) is 3.50. The van der Waals surface area contributed by atoms with Crippen molar-refractivity contribution in [1.82, 2.24) is 0 Å². The van der Waals surface area contributed by atoms with E-state index in [-0.39, 0.29) is 23.0 Å². The number of benzene rings is 2. The zero-order chi connectivity index (χ0) is 23.4. The van der Waals surface area contributed by atoms with Gasteiger partial charge in [0.05, 0.1) is 0 Å². The van der Waals surface area contributed by atoms with Crippen LogP contribution in [0.4, 0.5) is 0 Å². The van der Waals surface area contributed by atoms with Crippen LogP contribution in [0.2, 0.25) is 0 Å². The first-order valence-electron chi connectivity index (χ1n) is 9.52. The third kappa shape index (κ3) is 5.51. The van der Waals surface area contributed by atoms with Gasteiger partial charge in [0.1, 0.15) is 11.5 Å². The van der Waals surface area contributed by atoms with Crippen LogP contribution in [0.3, 0.4) is 0 Å². The summed E-state index contributed by atoms with van der Waals surface area (Å²) >= 11 is 0. The van der Waals surface area contributed by atoms with Crippen molar-refractivity contribution in [3.8, 4) is 23.0 Å². The fourth-order valence-electron chi connectivity index (χ4n) is 3.02. The van der Waals surface area contributed by atoms with E-state index >= 15 is 0 Å². The summed E-state index contributed by atoms with van der Waals surface area (Å²) in [5.74, 6) is -1.35. The molecule has 1 aliphatic heterocycles. The molecule has 1 heterocycles. The maximum Gasteiger partial charge on any atom is 0.308 e. The van der Waals surface area contributed by atoms with Crippen LogP contribution in [0.25, 0.3) is 6.08 Å². The van der Waals surface area contributed by atoms with Gasteiger partial charge >= 0.3 is 23.9 Å². The lowest BCUT2D eigenvalue weighted by atomic mass is 10.0. The smallest absolute Gasteiger partial charge is 0.308 e. The molecule has 0 radical (unpaired) electrons. The Kier molecular flexibility index (Phi) is 6.58. The molecule has 0 spiro atoms. The Morgan fingerprint density at radius 3 is 1.97 bits per heavy atom. The molecular formula is C23H20O9. The molecule has 2 aromatic rings. The second kappa shape index (κ2) is 9.34. The Morgan fingerprint density at radius 2 is 1.34 bits per heavy atom. The van der Waals surface area contributed by atoms with E-state index in [1.165, 1.54) is 45.9 Å². The van der Waals surface area contributed by atoms with E-state index in [9.17, 15) is 19.2 Å². The van der Waals surface area contributed by atoms with Crippen LogP contribution in [-0.2, 0) is 23.9 Å². The molecular weight excluding hydrogens is 420 g/mol. The molecule has 0 unspecified atom stereocenters. The van der Waals surface area contributed by atoms with E-state index < -0.39 is 30.0 Å². The Bertz CT molecular complexity index is 1130. The lowest BCUT2D eigenvalue weighted by Crippen LogP contribution is -2.19. The van der Waals surface area contributed by atoms with Gasteiger partial charge in [-0.1, -0.05) is 6.07 Å². The summed E-state index contributed by atoms with van der Waals surface area (Å²) in [5, 5.41) is 0. The van der Waals surface area contributed by atoms with E-state index in [4.69, 9.17) is 23.7 Å². The number of carbonyl (C=O) groups is 4. The topological polar surface area (TPSA) is 114 Å². The fraction of sp³-hybridized carbons (Fsp3) is 0.217. The summed E-state index contributed by atoms with van der Waals surface area (Å²) in [6.45, 7) is 4.96. The minimum absolute atomic E-state index is 0.00423. The van der Waals surface area contributed by atoms with Gasteiger partial charge in [-0.3, -0.25) is 19.2 Å². The predicted molar refractivity (Wildman–Crippen MR) is 110 cm³/mol. The molecule has 0 N–H and O–H groups in total. The highest BCUT2D eigenvalue weighted by molar-refractivity contribution is 5.75. The zero-order valence-corrected chi connectivity index (χ0v) is 17.8. The molecule has 166 valence electrons. The second-order valence-corrected chi connectivity index (χ2v) is 6.82. The monoisotopic (exact) mass is 440 g/mol. The first-order chi connectivity index (χ1) is 15.1. The summed E-state index contributed by atoms with van der Waals surface area (Å²) in [7, 11) is 0. The summed E-state index contributed by atoms with van der Waals surface area (Å²) in [6, 6.07) is 9.23. The van der Waals surface area contributed by atoms with E-state index in [1.807, 2.05) is 0 Å². The highest BCUT2D eigenvalue weighted by Gasteiger charge is 2.29. The summed E-state index contributed by atoms with van der Waals surface area (Å²) in [6.07, 6.45) is 0.716. The summed E-state index contributed by atoms with van der Waals surface area (Å²) < 4.78 is 26.7. The maximum atomic E-state index is 11.7. The Balaban J connectivity index is 2.04. The van der Waals surface area contributed by atoms with Crippen molar-refractivity contribution < 1.29 is 42.9 Å². The lowest BCUT2D eigenvalue weighted by molar-refractivity contribution is -0.138. The van der Waals surface area contributed by atoms with Gasteiger partial charge < -0.3 is 23.7 Å². The van der Waals surface area contributed by atoms with Gasteiger partial charge in [-0.05, 0) is 30.3 Å². The molecule has 0 saturated carbocycles. The number of fused-ring (bicyclic) bond motifs is 1. The molecule has 3 rings (SSSR count). The number of ether oxygens (including phenoxy) is 5. The molecule has 1 atom stereocenters. The second-order valence-electron chi connectivity index (χ2n) is 6.82. The molecule has 0 amide bonds. The van der Waals surface area contributed by atoms with E-state index in [0.29, 0.717) is 16.9 Å². The molecule has 2 aromatic carbocycles. The van der Waals surface area contributed by atoms with Crippen molar-refractivity contribution in [1.29, 1.82) is 0 Å². The van der Waals surface area contributed by atoms with Gasteiger partial charge in [-0.15, -0.1) is 0 Å². The number of hydrogen-bond acceptors (Lipinski definition) is 9. The molecule has 0 bridgehead atoms. The highest BCUT2D eigenvalue weighted by atomic mass is 16.6. The van der Waals surface area contributed by atoms with Crippen molar-refractivity contribution in [2.45, 2.75) is 33.8 Å². The van der Waals surface area contributed by atoms with Gasteiger partial charge in [0, 0.05) is 44.9 Å². The quantitative estimate of drug-likeness (QED) is 0.509. The first kappa shape index (κ1) is 22.5. The average molecular weight is 440 g/mol. The largest absolute Gasteiger partial charge is 0.477 e. The first-order valence-corrected chi connectivity index (χ1v) is 9.52. The highest BCUT2D eigenvalue weighted by Crippen LogP contribution is 2.41. The van der Waals surface area contributed by atoms with Crippen molar-refractivity contribution in [2.75, 3.05) is 0 Å². The summed E-state index contributed by atoms with van der Waals surface area (Å²) in [5.41, 5.74) is 1.05. The van der Waals surface area contributed by atoms with Crippen LogP contribution in [0.5, 0.6) is 23.0 Å². The molecule has 0 saturated heterocycles. The lowest BCUT2D eigenvalue weighted by Gasteiger charge is -2.27. The van der Waals surface area contributed by atoms with Crippen LogP contribution >= 0.6 is 0 Å². The Labute approximate surface area is 183 Å². The standard InChI is InChI=1S/C23H20O9/c1-12(24)28-18-7-5-16-9-22(31-15(4)27)23(32-20(16)11-18)17-6-8-19(29-13(2)25)21(10-17)30-14(3)26/h5-11,23H,1-4H3/t23-/m1/s1. The average Bonchev–Trinajstić information content (AvgIpc) is 2.67. The van der Waals surface area contributed by atoms with Gasteiger partial charge in [-0.25, -0.2) is 0 Å². The van der Waals surface area contributed by atoms with Gasteiger partial charge in [0.15, 0.2) is 23.4 Å². The van der Waals surface area contributed by atoms with Crippen molar-refractivity contribution in [3.63, 3.8) is 0 Å². The molecule has 1 aliphatic rings. The van der Waals surface area contributed by atoms with Crippen molar-refractivity contribution in [3.05, 3.63) is 53.3 Å². The van der Waals surface area contributed by atoms with E-state index in [1.54, 1.807) is 24.3 Å². The normalized spacial score (nSPS) is 14.2. The minimum Gasteiger partial charge on any atom is -0.477 e. The SMILES string of the molecule is CC(=O)OC1=Cc2ccc(OC(C)=O)cc2O[C@@H]1c1ccc(OC(C)=O)c(OC(C)=O)c1. The number of carbonyl (C=O) groups excluding carboxylic acids is 4. The van der Waals surface area contributed by atoms with E-state index in [0.717, 1.165) is 0 Å². The van der Waals surface area contributed by atoms with E-state index in [2.05, 4.69) is 0 Å². The number of rotatable bonds is 5. The molecule has 9 heteroatoms. The molecule has 32 heavy (non-hydrogen) atoms. The van der Waals surface area contributed by atoms with Crippen LogP contribution < -0.4 is 18.9 Å². The molecule has 9 nitrogen and oxygen atoms in total. The zero-order valence-electron chi connectivity index (χ0n) is 17.8. The van der Waals surface area contributed by atoms with Crippen LogP contribution in [0, 0.1) is 0 Å². The molecule has 0 aromatic heterocycles. The van der Waals surface area contributed by atoms with Crippen LogP contribution in [0.15, 0.2) is 42.2 Å². The van der Waals surface area contributed by atoms with Crippen LogP contribution in [-0.4, -0.2) is 23.9 Å². The van der Waals surface area contributed by atoms with Gasteiger partial charge in [-0.2, -0.15) is 0 Å². The Morgan fingerprint density at radius 1 is 0.719 bits per heavy atom. The van der Waals surface area contributed by atoms with Gasteiger partial charge in [0.25, 0.3) is 0 Å². The van der Waals surface area contributed by atoms with Crippen molar-refractivity contribution >= 4 is 30.0 Å². The fourth-order valence-corrected chi connectivity index (χ4v) is 3.02. The summed E-state index contributed by atoms with van der Waals surface area (Å²) in [4.78, 5) is 45.8.